The number of fused-ring (bicyclic) bond motifs is 4. The quantitative estimate of drug-likeness (QED) is 0.922. The Bertz CT molecular complexity index is 706. The van der Waals surface area contributed by atoms with Crippen molar-refractivity contribution < 1.29 is 0 Å². The fourth-order valence-corrected chi connectivity index (χ4v) is 3.88. The summed E-state index contributed by atoms with van der Waals surface area (Å²) >= 11 is 0. The van der Waals surface area contributed by atoms with E-state index < -0.39 is 0 Å². The lowest BCUT2D eigenvalue weighted by Gasteiger charge is -2.34. The molecule has 2 bridgehead atoms. The van der Waals surface area contributed by atoms with Gasteiger partial charge in [0.25, 0.3) is 0 Å². The van der Waals surface area contributed by atoms with Gasteiger partial charge < -0.3 is 15.5 Å². The molecular weight excluding hydrogens is 286 g/mol. The molecule has 5 heteroatoms. The van der Waals surface area contributed by atoms with Gasteiger partial charge in [-0.25, -0.2) is 9.97 Å². The third-order valence-electron chi connectivity index (χ3n) is 5.13. The van der Waals surface area contributed by atoms with Crippen molar-refractivity contribution in [2.24, 2.45) is 0 Å². The van der Waals surface area contributed by atoms with Crippen molar-refractivity contribution in [3.8, 4) is 11.3 Å². The van der Waals surface area contributed by atoms with Gasteiger partial charge in [0.2, 0.25) is 5.95 Å². The van der Waals surface area contributed by atoms with Crippen LogP contribution in [0.4, 0.5) is 11.6 Å². The highest BCUT2D eigenvalue weighted by Crippen LogP contribution is 2.31. The molecule has 0 spiro atoms. The molecule has 0 radical (unpaired) electrons. The molecule has 2 N–H and O–H groups in total. The van der Waals surface area contributed by atoms with Crippen molar-refractivity contribution in [1.82, 2.24) is 14.9 Å². The number of aryl methyl sites for hydroxylation is 1. The van der Waals surface area contributed by atoms with E-state index in [4.69, 9.17) is 5.73 Å². The minimum Gasteiger partial charge on any atom is -0.368 e. The second-order valence-corrected chi connectivity index (χ2v) is 6.57. The summed E-state index contributed by atoms with van der Waals surface area (Å²) in [6, 6.07) is 9.21. The first kappa shape index (κ1) is 14.5. The molecule has 23 heavy (non-hydrogen) atoms. The van der Waals surface area contributed by atoms with Crippen LogP contribution in [0.15, 0.2) is 30.5 Å². The van der Waals surface area contributed by atoms with Gasteiger partial charge in [-0.3, -0.25) is 0 Å². The van der Waals surface area contributed by atoms with Crippen LogP contribution in [0.5, 0.6) is 0 Å². The molecule has 3 aliphatic rings. The van der Waals surface area contributed by atoms with Crippen molar-refractivity contribution in [1.29, 1.82) is 0 Å². The lowest BCUT2D eigenvalue weighted by Crippen LogP contribution is -2.38. The third-order valence-corrected chi connectivity index (χ3v) is 5.13. The van der Waals surface area contributed by atoms with E-state index in [-0.39, 0.29) is 0 Å². The van der Waals surface area contributed by atoms with E-state index in [9.17, 15) is 0 Å². The molecule has 1 aromatic heterocycles. The number of hydrogen-bond acceptors (Lipinski definition) is 5. The zero-order valence-corrected chi connectivity index (χ0v) is 13.6. The van der Waals surface area contributed by atoms with Crippen LogP contribution in [0, 0.1) is 6.92 Å². The summed E-state index contributed by atoms with van der Waals surface area (Å²) < 4.78 is 0. The number of piperidine rings is 1. The smallest absolute Gasteiger partial charge is 0.220 e. The summed E-state index contributed by atoms with van der Waals surface area (Å²) in [5, 5.41) is 0. The number of benzene rings is 1. The summed E-state index contributed by atoms with van der Waals surface area (Å²) in [5.74, 6) is 0.322. The Morgan fingerprint density at radius 2 is 1.91 bits per heavy atom. The largest absolute Gasteiger partial charge is 0.368 e. The van der Waals surface area contributed by atoms with Crippen LogP contribution in [-0.4, -0.2) is 47.1 Å². The summed E-state index contributed by atoms with van der Waals surface area (Å²) in [6.07, 6.45) is 4.27. The predicted molar refractivity (Wildman–Crippen MR) is 93.4 cm³/mol. The van der Waals surface area contributed by atoms with Crippen LogP contribution in [0.2, 0.25) is 0 Å². The predicted octanol–water partition coefficient (Wildman–Crippen LogP) is 2.32. The molecule has 2 aromatic rings. The lowest BCUT2D eigenvalue weighted by molar-refractivity contribution is 0.250. The van der Waals surface area contributed by atoms with E-state index in [0.717, 1.165) is 17.8 Å². The van der Waals surface area contributed by atoms with Gasteiger partial charge in [-0.1, -0.05) is 6.07 Å². The zero-order chi connectivity index (χ0) is 15.8. The summed E-state index contributed by atoms with van der Waals surface area (Å²) in [6.45, 7) is 7.00. The van der Waals surface area contributed by atoms with Crippen LogP contribution in [0.3, 0.4) is 0 Å². The zero-order valence-electron chi connectivity index (χ0n) is 13.6. The first-order chi connectivity index (χ1) is 11.2. The number of nitrogen functional groups attached to an aromatic ring is 1. The molecule has 0 amide bonds. The molecule has 3 saturated heterocycles. The molecule has 0 atom stereocenters. The molecule has 5 nitrogen and oxygen atoms in total. The van der Waals surface area contributed by atoms with Crippen molar-refractivity contribution >= 4 is 11.6 Å². The maximum absolute atomic E-state index is 5.70. The van der Waals surface area contributed by atoms with Gasteiger partial charge in [-0.05, 0) is 43.5 Å². The number of hydrogen-bond donors (Lipinski definition) is 1. The Hall–Kier alpha value is -2.14. The fourth-order valence-electron chi connectivity index (χ4n) is 3.88. The minimum atomic E-state index is 0.322. The number of aromatic nitrogens is 2. The van der Waals surface area contributed by atoms with Crippen LogP contribution < -0.4 is 10.6 Å². The van der Waals surface area contributed by atoms with Gasteiger partial charge >= 0.3 is 0 Å². The molecule has 5 rings (SSSR count). The van der Waals surface area contributed by atoms with Crippen molar-refractivity contribution in [3.63, 3.8) is 0 Å². The molecule has 3 aliphatic heterocycles. The van der Waals surface area contributed by atoms with E-state index in [1.165, 1.54) is 43.7 Å². The van der Waals surface area contributed by atoms with E-state index in [1.54, 1.807) is 6.20 Å². The SMILES string of the molecule is Cc1cc(-c2ccnc(N)n2)ccc1N1CCN2CCC1CC2. The molecular formula is C18H23N5. The van der Waals surface area contributed by atoms with E-state index in [1.807, 2.05) is 6.07 Å². The summed E-state index contributed by atoms with van der Waals surface area (Å²) in [4.78, 5) is 13.5. The monoisotopic (exact) mass is 309 g/mol. The molecule has 3 fully saturated rings. The van der Waals surface area contributed by atoms with Gasteiger partial charge in [0.05, 0.1) is 5.69 Å². The second-order valence-electron chi connectivity index (χ2n) is 6.57. The maximum Gasteiger partial charge on any atom is 0.220 e. The highest BCUT2D eigenvalue weighted by Gasteiger charge is 2.29. The Kier molecular flexibility index (Phi) is 3.65. The van der Waals surface area contributed by atoms with E-state index in [2.05, 4.69) is 44.9 Å². The Balaban J connectivity index is 1.65. The normalized spacial score (nSPS) is 23.8. The number of anilines is 2. The average Bonchev–Trinajstić information content (AvgIpc) is 2.88. The van der Waals surface area contributed by atoms with Crippen molar-refractivity contribution in [2.45, 2.75) is 25.8 Å². The molecule has 0 saturated carbocycles. The minimum absolute atomic E-state index is 0.322. The molecule has 0 aliphatic carbocycles. The van der Waals surface area contributed by atoms with Gasteiger partial charge in [0.1, 0.15) is 0 Å². The highest BCUT2D eigenvalue weighted by molar-refractivity contribution is 5.67. The second kappa shape index (κ2) is 5.81. The molecule has 0 unspecified atom stereocenters. The van der Waals surface area contributed by atoms with Crippen LogP contribution in [-0.2, 0) is 0 Å². The fraction of sp³-hybridized carbons (Fsp3) is 0.444. The number of rotatable bonds is 2. The summed E-state index contributed by atoms with van der Waals surface area (Å²) in [5.41, 5.74) is 10.4. The summed E-state index contributed by atoms with van der Waals surface area (Å²) in [7, 11) is 0. The number of nitrogens with two attached hydrogens (primary N) is 1. The first-order valence-corrected chi connectivity index (χ1v) is 8.39. The van der Waals surface area contributed by atoms with Crippen LogP contribution >= 0.6 is 0 Å². The number of nitrogens with zero attached hydrogens (tertiary/aromatic N) is 4. The molecule has 120 valence electrons. The van der Waals surface area contributed by atoms with Crippen molar-refractivity contribution in [3.05, 3.63) is 36.0 Å². The van der Waals surface area contributed by atoms with Gasteiger partial charge in [0.15, 0.2) is 0 Å². The maximum atomic E-state index is 5.70. The van der Waals surface area contributed by atoms with Gasteiger partial charge in [0, 0.05) is 49.7 Å². The topological polar surface area (TPSA) is 58.3 Å². The van der Waals surface area contributed by atoms with Crippen molar-refractivity contribution in [2.75, 3.05) is 36.8 Å². The Labute approximate surface area is 137 Å². The van der Waals surface area contributed by atoms with Gasteiger partial charge in [-0.2, -0.15) is 0 Å². The van der Waals surface area contributed by atoms with E-state index in [0.29, 0.717) is 12.0 Å². The Morgan fingerprint density at radius 3 is 2.65 bits per heavy atom. The highest BCUT2D eigenvalue weighted by atomic mass is 15.3. The lowest BCUT2D eigenvalue weighted by atomic mass is 10.0. The molecule has 4 heterocycles. The third kappa shape index (κ3) is 2.77. The first-order valence-electron chi connectivity index (χ1n) is 8.39. The van der Waals surface area contributed by atoms with Crippen LogP contribution in [0.25, 0.3) is 11.3 Å². The molecule has 1 aromatic carbocycles. The van der Waals surface area contributed by atoms with Crippen LogP contribution in [0.1, 0.15) is 18.4 Å². The average molecular weight is 309 g/mol. The Morgan fingerprint density at radius 1 is 1.09 bits per heavy atom. The van der Waals surface area contributed by atoms with E-state index >= 15 is 0 Å². The standard InChI is InChI=1S/C18H23N5/c1-13-12-14(16-4-7-20-18(19)21-16)2-3-17(13)23-11-10-22-8-5-15(23)6-9-22/h2-4,7,12,15H,5-6,8-11H2,1H3,(H2,19,20,21). The van der Waals surface area contributed by atoms with Gasteiger partial charge in [-0.15, -0.1) is 0 Å².